The van der Waals surface area contributed by atoms with Crippen LogP contribution in [0.4, 0.5) is 5.69 Å². The molecule has 1 aromatic heterocycles. The van der Waals surface area contributed by atoms with Crippen molar-refractivity contribution in [2.45, 2.75) is 13.0 Å². The van der Waals surface area contributed by atoms with E-state index in [2.05, 4.69) is 4.98 Å². The number of carbonyl (C=O) groups is 1. The Kier molecular flexibility index (Phi) is 4.26. The molecule has 19 heavy (non-hydrogen) atoms. The molecule has 2 aromatic rings. The topological polar surface area (TPSA) is 59.2 Å². The third-order valence-electron chi connectivity index (χ3n) is 3.04. The monoisotopic (exact) mass is 255 g/mol. The smallest absolute Gasteiger partial charge is 0.231 e. The zero-order valence-corrected chi connectivity index (χ0v) is 10.9. The number of amides is 1. The maximum Gasteiger partial charge on any atom is 0.231 e. The molecule has 0 aliphatic rings. The minimum absolute atomic E-state index is 0.0479. The summed E-state index contributed by atoms with van der Waals surface area (Å²) in [5.74, 6) is 0.0479. The van der Waals surface area contributed by atoms with E-state index in [4.69, 9.17) is 5.73 Å². The number of nitrogens with two attached hydrogens (primary N) is 1. The van der Waals surface area contributed by atoms with Crippen LogP contribution in [-0.2, 0) is 17.8 Å². The zero-order valence-electron chi connectivity index (χ0n) is 10.9. The first-order valence-corrected chi connectivity index (χ1v) is 6.15. The van der Waals surface area contributed by atoms with E-state index in [1.807, 2.05) is 36.4 Å². The molecule has 1 aromatic carbocycles. The van der Waals surface area contributed by atoms with E-state index < -0.39 is 0 Å². The van der Waals surface area contributed by atoms with Crippen LogP contribution in [0.3, 0.4) is 0 Å². The van der Waals surface area contributed by atoms with Crippen molar-refractivity contribution in [1.82, 2.24) is 4.98 Å². The molecule has 0 aliphatic carbocycles. The third kappa shape index (κ3) is 3.39. The molecule has 0 bridgehead atoms. The van der Waals surface area contributed by atoms with Gasteiger partial charge in [0.05, 0.1) is 6.42 Å². The van der Waals surface area contributed by atoms with Gasteiger partial charge in [-0.1, -0.05) is 24.3 Å². The molecule has 0 radical (unpaired) electrons. The van der Waals surface area contributed by atoms with Crippen molar-refractivity contribution in [2.24, 2.45) is 5.73 Å². The second kappa shape index (κ2) is 6.11. The highest BCUT2D eigenvalue weighted by atomic mass is 16.2. The highest BCUT2D eigenvalue weighted by molar-refractivity contribution is 5.94. The van der Waals surface area contributed by atoms with Gasteiger partial charge in [-0.05, 0) is 23.3 Å². The lowest BCUT2D eigenvalue weighted by Crippen LogP contribution is -2.27. The normalized spacial score (nSPS) is 10.2. The lowest BCUT2D eigenvalue weighted by atomic mass is 10.1. The van der Waals surface area contributed by atoms with E-state index in [1.54, 1.807) is 24.3 Å². The number of aromatic nitrogens is 1. The first-order valence-electron chi connectivity index (χ1n) is 6.15. The molecule has 4 heteroatoms. The molecule has 1 heterocycles. The van der Waals surface area contributed by atoms with Crippen LogP contribution in [0, 0.1) is 0 Å². The van der Waals surface area contributed by atoms with Gasteiger partial charge < -0.3 is 10.6 Å². The summed E-state index contributed by atoms with van der Waals surface area (Å²) < 4.78 is 0. The molecule has 0 atom stereocenters. The van der Waals surface area contributed by atoms with Crippen LogP contribution < -0.4 is 10.6 Å². The minimum atomic E-state index is 0.0479. The largest absolute Gasteiger partial charge is 0.326 e. The van der Waals surface area contributed by atoms with Crippen LogP contribution in [0.1, 0.15) is 11.1 Å². The highest BCUT2D eigenvalue weighted by Crippen LogP contribution is 2.12. The van der Waals surface area contributed by atoms with Crippen molar-refractivity contribution >= 4 is 11.6 Å². The molecule has 0 saturated heterocycles. The first kappa shape index (κ1) is 13.2. The summed E-state index contributed by atoms with van der Waals surface area (Å²) in [7, 11) is 1.77. The number of hydrogen-bond donors (Lipinski definition) is 1. The van der Waals surface area contributed by atoms with Gasteiger partial charge in [0, 0.05) is 31.7 Å². The molecule has 0 fully saturated rings. The van der Waals surface area contributed by atoms with Crippen molar-refractivity contribution in [1.29, 1.82) is 0 Å². The van der Waals surface area contributed by atoms with Crippen molar-refractivity contribution in [2.75, 3.05) is 11.9 Å². The van der Waals surface area contributed by atoms with Gasteiger partial charge in [0.1, 0.15) is 0 Å². The summed E-state index contributed by atoms with van der Waals surface area (Å²) in [6, 6.07) is 11.4. The van der Waals surface area contributed by atoms with E-state index in [0.29, 0.717) is 13.0 Å². The van der Waals surface area contributed by atoms with E-state index in [0.717, 1.165) is 16.8 Å². The maximum absolute atomic E-state index is 12.1. The van der Waals surface area contributed by atoms with Crippen LogP contribution >= 0.6 is 0 Å². The van der Waals surface area contributed by atoms with Crippen molar-refractivity contribution in [3.05, 3.63) is 59.9 Å². The van der Waals surface area contributed by atoms with E-state index in [9.17, 15) is 4.79 Å². The predicted molar refractivity (Wildman–Crippen MR) is 75.7 cm³/mol. The maximum atomic E-state index is 12.1. The van der Waals surface area contributed by atoms with Crippen molar-refractivity contribution in [3.8, 4) is 0 Å². The van der Waals surface area contributed by atoms with Crippen molar-refractivity contribution < 1.29 is 4.79 Å². The van der Waals surface area contributed by atoms with Gasteiger partial charge in [-0.25, -0.2) is 0 Å². The Hall–Kier alpha value is -2.20. The molecule has 1 amide bonds. The summed E-state index contributed by atoms with van der Waals surface area (Å²) in [6.45, 7) is 0.519. The Morgan fingerprint density at radius 1 is 1.11 bits per heavy atom. The number of hydrogen-bond acceptors (Lipinski definition) is 3. The van der Waals surface area contributed by atoms with Crippen LogP contribution in [0.2, 0.25) is 0 Å². The SMILES string of the molecule is CN(C(=O)Cc1ccc(CN)cc1)c1ccncc1. The Morgan fingerprint density at radius 2 is 1.68 bits per heavy atom. The molecule has 4 nitrogen and oxygen atoms in total. The Morgan fingerprint density at radius 3 is 2.26 bits per heavy atom. The molecule has 2 rings (SSSR count). The predicted octanol–water partition coefficient (Wildman–Crippen LogP) is 1.75. The quantitative estimate of drug-likeness (QED) is 0.905. The van der Waals surface area contributed by atoms with Gasteiger partial charge in [0.2, 0.25) is 5.91 Å². The second-order valence-electron chi connectivity index (χ2n) is 4.36. The summed E-state index contributed by atoms with van der Waals surface area (Å²) in [5, 5.41) is 0. The van der Waals surface area contributed by atoms with Crippen LogP contribution in [0.15, 0.2) is 48.8 Å². The standard InChI is InChI=1S/C15H17N3O/c1-18(14-6-8-17-9-7-14)15(19)10-12-2-4-13(11-16)5-3-12/h2-9H,10-11,16H2,1H3. The number of benzene rings is 1. The summed E-state index contributed by atoms with van der Waals surface area (Å²) in [6.07, 6.45) is 3.73. The molecule has 0 unspecified atom stereocenters. The van der Waals surface area contributed by atoms with Crippen LogP contribution in [-0.4, -0.2) is 17.9 Å². The lowest BCUT2D eigenvalue weighted by Gasteiger charge is -2.17. The fraction of sp³-hybridized carbons (Fsp3) is 0.200. The zero-order chi connectivity index (χ0) is 13.7. The molecule has 2 N–H and O–H groups in total. The van der Waals surface area contributed by atoms with Gasteiger partial charge in [0.25, 0.3) is 0 Å². The summed E-state index contributed by atoms with van der Waals surface area (Å²) >= 11 is 0. The molecular formula is C15H17N3O. The average Bonchev–Trinajstić information content (AvgIpc) is 2.48. The fourth-order valence-corrected chi connectivity index (χ4v) is 1.80. The molecule has 98 valence electrons. The van der Waals surface area contributed by atoms with E-state index in [1.165, 1.54) is 0 Å². The molecule has 0 saturated carbocycles. The van der Waals surface area contributed by atoms with E-state index >= 15 is 0 Å². The minimum Gasteiger partial charge on any atom is -0.326 e. The van der Waals surface area contributed by atoms with E-state index in [-0.39, 0.29) is 5.91 Å². The van der Waals surface area contributed by atoms with Crippen molar-refractivity contribution in [3.63, 3.8) is 0 Å². The molecule has 0 aliphatic heterocycles. The van der Waals surface area contributed by atoms with Crippen LogP contribution in [0.25, 0.3) is 0 Å². The summed E-state index contributed by atoms with van der Waals surface area (Å²) in [4.78, 5) is 17.7. The van der Waals surface area contributed by atoms with Gasteiger partial charge in [-0.2, -0.15) is 0 Å². The highest BCUT2D eigenvalue weighted by Gasteiger charge is 2.11. The summed E-state index contributed by atoms with van der Waals surface area (Å²) in [5.41, 5.74) is 8.45. The van der Waals surface area contributed by atoms with Crippen LogP contribution in [0.5, 0.6) is 0 Å². The van der Waals surface area contributed by atoms with Gasteiger partial charge in [0.15, 0.2) is 0 Å². The molecular weight excluding hydrogens is 238 g/mol. The van der Waals surface area contributed by atoms with Gasteiger partial charge in [-0.15, -0.1) is 0 Å². The fourth-order valence-electron chi connectivity index (χ4n) is 1.80. The Bertz CT molecular complexity index is 537. The number of pyridine rings is 1. The van der Waals surface area contributed by atoms with Gasteiger partial charge >= 0.3 is 0 Å². The number of anilines is 1. The Balaban J connectivity index is 2.04. The number of likely N-dealkylation sites (N-methyl/N-ethyl adjacent to an activating group) is 1. The number of rotatable bonds is 4. The number of nitrogens with zero attached hydrogens (tertiary/aromatic N) is 2. The number of carbonyl (C=O) groups excluding carboxylic acids is 1. The second-order valence-corrected chi connectivity index (χ2v) is 4.36. The van der Waals surface area contributed by atoms with Gasteiger partial charge in [-0.3, -0.25) is 9.78 Å². The first-order chi connectivity index (χ1) is 9.20. The lowest BCUT2D eigenvalue weighted by molar-refractivity contribution is -0.117. The third-order valence-corrected chi connectivity index (χ3v) is 3.04. The Labute approximate surface area is 112 Å². The average molecular weight is 255 g/mol. The molecule has 0 spiro atoms.